The lowest BCUT2D eigenvalue weighted by Crippen LogP contribution is -2.05. The lowest BCUT2D eigenvalue weighted by Gasteiger charge is -2.07. The van der Waals surface area contributed by atoms with E-state index in [4.69, 9.17) is 5.11 Å². The third kappa shape index (κ3) is 3.51. The van der Waals surface area contributed by atoms with Gasteiger partial charge in [-0.2, -0.15) is 0 Å². The summed E-state index contributed by atoms with van der Waals surface area (Å²) < 4.78 is 0. The fraction of sp³-hybridized carbons (Fsp3) is 0.333. The highest BCUT2D eigenvalue weighted by molar-refractivity contribution is 5.64. The zero-order valence-electron chi connectivity index (χ0n) is 11.3. The van der Waals surface area contributed by atoms with Crippen LogP contribution in [0.1, 0.15) is 17.5 Å². The van der Waals surface area contributed by atoms with Crippen molar-refractivity contribution in [2.45, 2.75) is 20.3 Å². The number of hydrogen-bond donors (Lipinski definition) is 2. The van der Waals surface area contributed by atoms with Gasteiger partial charge >= 0.3 is 0 Å². The molecule has 0 aliphatic rings. The van der Waals surface area contributed by atoms with Crippen LogP contribution in [-0.4, -0.2) is 28.5 Å². The van der Waals surface area contributed by atoms with Gasteiger partial charge in [-0.1, -0.05) is 17.7 Å². The van der Waals surface area contributed by atoms with E-state index in [0.717, 1.165) is 17.1 Å². The molecule has 1 heterocycles. The summed E-state index contributed by atoms with van der Waals surface area (Å²) in [7, 11) is 0. The van der Waals surface area contributed by atoms with E-state index in [1.54, 1.807) is 0 Å². The Hall–Kier alpha value is -1.94. The lowest BCUT2D eigenvalue weighted by molar-refractivity contribution is 0.292. The summed E-state index contributed by atoms with van der Waals surface area (Å²) in [5, 5.41) is 20.2. The minimum absolute atomic E-state index is 0.182. The van der Waals surface area contributed by atoms with Crippen molar-refractivity contribution in [1.29, 1.82) is 0 Å². The molecule has 4 heteroatoms. The van der Waals surface area contributed by atoms with Crippen molar-refractivity contribution in [3.05, 3.63) is 41.5 Å². The molecule has 0 aliphatic heterocycles. The van der Waals surface area contributed by atoms with Crippen LogP contribution in [0.4, 0.5) is 5.82 Å². The summed E-state index contributed by atoms with van der Waals surface area (Å²) in [5.41, 5.74) is 4.41. The molecule has 1 aromatic heterocycles. The van der Waals surface area contributed by atoms with Crippen LogP contribution in [-0.2, 0) is 0 Å². The van der Waals surface area contributed by atoms with E-state index in [0.29, 0.717) is 13.0 Å². The first-order valence-electron chi connectivity index (χ1n) is 6.47. The Kier molecular flexibility index (Phi) is 4.47. The molecular weight excluding hydrogens is 238 g/mol. The summed E-state index contributed by atoms with van der Waals surface area (Å²) in [6.45, 7) is 5.03. The minimum atomic E-state index is 0.182. The fourth-order valence-corrected chi connectivity index (χ4v) is 1.88. The SMILES string of the molecule is Cc1ccc(C)c(-c2ccc(NCCCO)nn2)c1. The van der Waals surface area contributed by atoms with Crippen LogP contribution >= 0.6 is 0 Å². The van der Waals surface area contributed by atoms with Gasteiger partial charge in [0.2, 0.25) is 0 Å². The molecule has 0 bridgehead atoms. The van der Waals surface area contributed by atoms with E-state index in [1.165, 1.54) is 11.1 Å². The highest BCUT2D eigenvalue weighted by Gasteiger charge is 2.04. The van der Waals surface area contributed by atoms with Crippen LogP contribution in [0, 0.1) is 13.8 Å². The topological polar surface area (TPSA) is 58.0 Å². The first-order chi connectivity index (χ1) is 9.20. The van der Waals surface area contributed by atoms with Crippen LogP contribution in [0.15, 0.2) is 30.3 Å². The smallest absolute Gasteiger partial charge is 0.148 e. The number of benzene rings is 1. The van der Waals surface area contributed by atoms with E-state index in [9.17, 15) is 0 Å². The molecule has 0 spiro atoms. The van der Waals surface area contributed by atoms with E-state index < -0.39 is 0 Å². The van der Waals surface area contributed by atoms with Crippen molar-refractivity contribution in [1.82, 2.24) is 10.2 Å². The van der Waals surface area contributed by atoms with Crippen LogP contribution in [0.25, 0.3) is 11.3 Å². The van der Waals surface area contributed by atoms with Crippen molar-refractivity contribution < 1.29 is 5.11 Å². The van der Waals surface area contributed by atoms with E-state index in [2.05, 4.69) is 47.6 Å². The number of hydrogen-bond acceptors (Lipinski definition) is 4. The quantitative estimate of drug-likeness (QED) is 0.808. The molecule has 19 heavy (non-hydrogen) atoms. The van der Waals surface area contributed by atoms with Crippen LogP contribution in [0.5, 0.6) is 0 Å². The average Bonchev–Trinajstić information content (AvgIpc) is 2.43. The maximum absolute atomic E-state index is 8.72. The predicted octanol–water partition coefficient (Wildman–Crippen LogP) is 2.55. The maximum atomic E-state index is 8.72. The fourth-order valence-electron chi connectivity index (χ4n) is 1.88. The number of nitrogens with one attached hydrogen (secondary N) is 1. The number of aryl methyl sites for hydroxylation is 2. The molecule has 0 saturated heterocycles. The molecule has 0 atom stereocenters. The number of aromatic nitrogens is 2. The molecule has 0 fully saturated rings. The molecule has 100 valence electrons. The molecule has 0 saturated carbocycles. The van der Waals surface area contributed by atoms with E-state index in [-0.39, 0.29) is 6.61 Å². The molecular formula is C15H19N3O. The number of aliphatic hydroxyl groups is 1. The Morgan fingerprint density at radius 3 is 2.63 bits per heavy atom. The Morgan fingerprint density at radius 2 is 1.95 bits per heavy atom. The van der Waals surface area contributed by atoms with Gasteiger partial charge in [0.25, 0.3) is 0 Å². The maximum Gasteiger partial charge on any atom is 0.148 e. The summed E-state index contributed by atoms with van der Waals surface area (Å²) >= 11 is 0. The van der Waals surface area contributed by atoms with Gasteiger partial charge in [-0.25, -0.2) is 0 Å². The first-order valence-corrected chi connectivity index (χ1v) is 6.47. The molecule has 2 N–H and O–H groups in total. The Bertz CT molecular complexity index is 538. The van der Waals surface area contributed by atoms with Crippen LogP contribution < -0.4 is 5.32 Å². The zero-order chi connectivity index (χ0) is 13.7. The third-order valence-corrected chi connectivity index (χ3v) is 2.97. The molecule has 0 amide bonds. The second-order valence-electron chi connectivity index (χ2n) is 4.63. The summed E-state index contributed by atoms with van der Waals surface area (Å²) in [4.78, 5) is 0. The van der Waals surface area contributed by atoms with Gasteiger partial charge in [0.05, 0.1) is 5.69 Å². The molecule has 0 radical (unpaired) electrons. The monoisotopic (exact) mass is 257 g/mol. The molecule has 2 aromatic rings. The van der Waals surface area contributed by atoms with E-state index >= 15 is 0 Å². The number of nitrogens with zero attached hydrogens (tertiary/aromatic N) is 2. The van der Waals surface area contributed by atoms with Crippen LogP contribution in [0.3, 0.4) is 0 Å². The number of aliphatic hydroxyl groups excluding tert-OH is 1. The molecule has 4 nitrogen and oxygen atoms in total. The van der Waals surface area contributed by atoms with Gasteiger partial charge in [0, 0.05) is 18.7 Å². The number of anilines is 1. The zero-order valence-corrected chi connectivity index (χ0v) is 11.3. The standard InChI is InChI=1S/C15H19N3O/c1-11-4-5-12(2)13(10-11)14-6-7-15(18-17-14)16-8-3-9-19/h4-7,10,19H,3,8-9H2,1-2H3,(H,16,18). The van der Waals surface area contributed by atoms with Gasteiger partial charge in [-0.15, -0.1) is 10.2 Å². The molecule has 2 rings (SSSR count). The van der Waals surface area contributed by atoms with Crippen LogP contribution in [0.2, 0.25) is 0 Å². The Morgan fingerprint density at radius 1 is 1.11 bits per heavy atom. The predicted molar refractivity (Wildman–Crippen MR) is 77.1 cm³/mol. The van der Waals surface area contributed by atoms with Gasteiger partial charge in [0.1, 0.15) is 5.82 Å². The lowest BCUT2D eigenvalue weighted by atomic mass is 10.0. The second-order valence-corrected chi connectivity index (χ2v) is 4.63. The summed E-state index contributed by atoms with van der Waals surface area (Å²) in [5.74, 6) is 0.738. The van der Waals surface area contributed by atoms with Crippen molar-refractivity contribution in [2.24, 2.45) is 0 Å². The van der Waals surface area contributed by atoms with Crippen molar-refractivity contribution in [2.75, 3.05) is 18.5 Å². The normalized spacial score (nSPS) is 10.5. The number of rotatable bonds is 5. The summed E-state index contributed by atoms with van der Waals surface area (Å²) in [6, 6.07) is 10.2. The van der Waals surface area contributed by atoms with Gasteiger partial charge < -0.3 is 10.4 Å². The van der Waals surface area contributed by atoms with Gasteiger partial charge in [-0.05, 0) is 44.0 Å². The van der Waals surface area contributed by atoms with Crippen molar-refractivity contribution in [3.8, 4) is 11.3 Å². The van der Waals surface area contributed by atoms with Crippen molar-refractivity contribution in [3.63, 3.8) is 0 Å². The Balaban J connectivity index is 2.15. The second kappa shape index (κ2) is 6.29. The van der Waals surface area contributed by atoms with Gasteiger partial charge in [0.15, 0.2) is 0 Å². The Labute approximate surface area is 113 Å². The van der Waals surface area contributed by atoms with Crippen molar-refractivity contribution >= 4 is 5.82 Å². The van der Waals surface area contributed by atoms with E-state index in [1.807, 2.05) is 12.1 Å². The summed E-state index contributed by atoms with van der Waals surface area (Å²) in [6.07, 6.45) is 0.709. The highest BCUT2D eigenvalue weighted by atomic mass is 16.3. The van der Waals surface area contributed by atoms with Gasteiger partial charge in [-0.3, -0.25) is 0 Å². The largest absolute Gasteiger partial charge is 0.396 e. The molecule has 0 aliphatic carbocycles. The third-order valence-electron chi connectivity index (χ3n) is 2.97. The molecule has 1 aromatic carbocycles. The molecule has 0 unspecified atom stereocenters. The highest BCUT2D eigenvalue weighted by Crippen LogP contribution is 2.22. The minimum Gasteiger partial charge on any atom is -0.396 e. The first kappa shape index (κ1) is 13.5. The average molecular weight is 257 g/mol.